The maximum atomic E-state index is 5.81. The Kier molecular flexibility index (Phi) is 4.30. The smallest absolute Gasteiger partial charge is 0.231 e. The highest BCUT2D eigenvalue weighted by molar-refractivity contribution is 7.98. The maximum Gasteiger partial charge on any atom is 0.231 e. The maximum absolute atomic E-state index is 5.81. The number of fused-ring (bicyclic) bond motifs is 1. The first-order valence-corrected chi connectivity index (χ1v) is 8.70. The van der Waals surface area contributed by atoms with Crippen molar-refractivity contribution in [1.29, 1.82) is 0 Å². The van der Waals surface area contributed by atoms with Crippen LogP contribution in [0.15, 0.2) is 77.7 Å². The first kappa shape index (κ1) is 15.0. The summed E-state index contributed by atoms with van der Waals surface area (Å²) in [7, 11) is 0. The summed E-state index contributed by atoms with van der Waals surface area (Å²) in [5.74, 6) is 4.23. The van der Waals surface area contributed by atoms with Gasteiger partial charge in [0.05, 0.1) is 0 Å². The third-order valence-electron chi connectivity index (χ3n) is 3.65. The molecule has 0 bridgehead atoms. The van der Waals surface area contributed by atoms with E-state index in [9.17, 15) is 0 Å². The molecule has 3 nitrogen and oxygen atoms in total. The Balaban J connectivity index is 1.37. The van der Waals surface area contributed by atoms with Gasteiger partial charge in [0.15, 0.2) is 11.5 Å². The molecule has 24 heavy (non-hydrogen) atoms. The van der Waals surface area contributed by atoms with Crippen molar-refractivity contribution < 1.29 is 14.2 Å². The highest BCUT2D eigenvalue weighted by Gasteiger charge is 2.13. The largest absolute Gasteiger partial charge is 0.457 e. The molecule has 120 valence electrons. The minimum absolute atomic E-state index is 0.314. The molecule has 4 rings (SSSR count). The molecule has 0 aliphatic carbocycles. The van der Waals surface area contributed by atoms with Crippen molar-refractivity contribution in [3.05, 3.63) is 78.4 Å². The van der Waals surface area contributed by atoms with Gasteiger partial charge in [0, 0.05) is 10.6 Å². The van der Waals surface area contributed by atoms with E-state index in [1.165, 1.54) is 10.5 Å². The molecule has 0 saturated carbocycles. The van der Waals surface area contributed by atoms with Crippen molar-refractivity contribution in [3.63, 3.8) is 0 Å². The quantitative estimate of drug-likeness (QED) is 0.575. The number of hydrogen-bond donors (Lipinski definition) is 0. The Morgan fingerprint density at radius 3 is 2.38 bits per heavy atom. The average molecular weight is 336 g/mol. The highest BCUT2D eigenvalue weighted by atomic mass is 32.2. The van der Waals surface area contributed by atoms with Gasteiger partial charge in [0.1, 0.15) is 11.5 Å². The van der Waals surface area contributed by atoms with Gasteiger partial charge in [-0.2, -0.15) is 0 Å². The zero-order valence-electron chi connectivity index (χ0n) is 13.0. The van der Waals surface area contributed by atoms with E-state index in [0.29, 0.717) is 6.79 Å². The van der Waals surface area contributed by atoms with E-state index in [0.717, 1.165) is 28.8 Å². The Bertz CT molecular complexity index is 816. The lowest BCUT2D eigenvalue weighted by atomic mass is 10.2. The highest BCUT2D eigenvalue weighted by Crippen LogP contribution is 2.34. The lowest BCUT2D eigenvalue weighted by molar-refractivity contribution is 0.174. The Hall–Kier alpha value is -2.59. The molecule has 1 heterocycles. The summed E-state index contributed by atoms with van der Waals surface area (Å²) in [6.07, 6.45) is 0. The molecule has 0 fully saturated rings. The predicted molar refractivity (Wildman–Crippen MR) is 95.1 cm³/mol. The molecule has 3 aromatic rings. The monoisotopic (exact) mass is 336 g/mol. The molecule has 0 aromatic heterocycles. The average Bonchev–Trinajstić information content (AvgIpc) is 3.10. The van der Waals surface area contributed by atoms with Gasteiger partial charge in [0.2, 0.25) is 6.79 Å². The van der Waals surface area contributed by atoms with Gasteiger partial charge in [-0.25, -0.2) is 0 Å². The van der Waals surface area contributed by atoms with Crippen molar-refractivity contribution in [2.75, 3.05) is 6.79 Å². The predicted octanol–water partition coefficient (Wildman–Crippen LogP) is 5.50. The van der Waals surface area contributed by atoms with Gasteiger partial charge in [-0.1, -0.05) is 24.3 Å². The third-order valence-corrected chi connectivity index (χ3v) is 4.73. The Morgan fingerprint density at radius 2 is 1.54 bits per heavy atom. The molecule has 3 aromatic carbocycles. The number of hydrogen-bond acceptors (Lipinski definition) is 4. The molecule has 4 heteroatoms. The molecule has 0 saturated heterocycles. The molecule has 0 spiro atoms. The third kappa shape index (κ3) is 3.49. The second-order valence-electron chi connectivity index (χ2n) is 5.36. The molecule has 0 amide bonds. The van der Waals surface area contributed by atoms with Crippen molar-refractivity contribution >= 4 is 11.8 Å². The first-order valence-electron chi connectivity index (χ1n) is 7.71. The summed E-state index contributed by atoms with van der Waals surface area (Å²) in [5, 5.41) is 0. The summed E-state index contributed by atoms with van der Waals surface area (Å²) in [5.41, 5.74) is 1.22. The number of thioether (sulfide) groups is 1. The van der Waals surface area contributed by atoms with Crippen molar-refractivity contribution in [2.24, 2.45) is 0 Å². The molecule has 0 unspecified atom stereocenters. The molecular formula is C20H16O3S. The summed E-state index contributed by atoms with van der Waals surface area (Å²) in [6.45, 7) is 0.314. The first-order chi connectivity index (χ1) is 11.9. The van der Waals surface area contributed by atoms with Gasteiger partial charge >= 0.3 is 0 Å². The van der Waals surface area contributed by atoms with Crippen LogP contribution in [0.4, 0.5) is 0 Å². The number of para-hydroxylation sites is 1. The van der Waals surface area contributed by atoms with Gasteiger partial charge in [-0.15, -0.1) is 11.8 Å². The van der Waals surface area contributed by atoms with Gasteiger partial charge < -0.3 is 14.2 Å². The van der Waals surface area contributed by atoms with Crippen LogP contribution in [0.3, 0.4) is 0 Å². The molecular weight excluding hydrogens is 320 g/mol. The zero-order chi connectivity index (χ0) is 16.2. The standard InChI is InChI=1S/C20H16O3S/c1-2-4-16(5-3-1)23-17-7-9-18(10-8-17)24-13-15-6-11-19-20(12-15)22-14-21-19/h1-12H,13-14H2. The second kappa shape index (κ2) is 6.89. The van der Waals surface area contributed by atoms with E-state index < -0.39 is 0 Å². The fraction of sp³-hybridized carbons (Fsp3) is 0.100. The minimum Gasteiger partial charge on any atom is -0.457 e. The molecule has 0 atom stereocenters. The van der Waals surface area contributed by atoms with Crippen LogP contribution in [0.2, 0.25) is 0 Å². The minimum atomic E-state index is 0.314. The second-order valence-corrected chi connectivity index (χ2v) is 6.41. The Morgan fingerprint density at radius 1 is 0.792 bits per heavy atom. The molecule has 1 aliphatic rings. The molecule has 0 radical (unpaired) electrons. The number of rotatable bonds is 5. The van der Waals surface area contributed by atoms with Crippen LogP contribution in [0, 0.1) is 0 Å². The van der Waals surface area contributed by atoms with Crippen LogP contribution >= 0.6 is 11.8 Å². The fourth-order valence-electron chi connectivity index (χ4n) is 2.43. The van der Waals surface area contributed by atoms with E-state index in [1.807, 2.05) is 54.6 Å². The zero-order valence-corrected chi connectivity index (χ0v) is 13.8. The topological polar surface area (TPSA) is 27.7 Å². The van der Waals surface area contributed by atoms with Crippen molar-refractivity contribution in [3.8, 4) is 23.0 Å². The summed E-state index contributed by atoms with van der Waals surface area (Å²) >= 11 is 1.78. The number of benzene rings is 3. The number of ether oxygens (including phenoxy) is 3. The fourth-order valence-corrected chi connectivity index (χ4v) is 3.27. The summed E-state index contributed by atoms with van der Waals surface area (Å²) < 4.78 is 16.6. The van der Waals surface area contributed by atoms with Crippen LogP contribution in [0.5, 0.6) is 23.0 Å². The lowest BCUT2D eigenvalue weighted by Gasteiger charge is -2.07. The van der Waals surface area contributed by atoms with E-state index >= 15 is 0 Å². The van der Waals surface area contributed by atoms with Crippen LogP contribution < -0.4 is 14.2 Å². The van der Waals surface area contributed by atoms with Crippen LogP contribution in [0.25, 0.3) is 0 Å². The van der Waals surface area contributed by atoms with E-state index in [4.69, 9.17) is 14.2 Å². The van der Waals surface area contributed by atoms with E-state index in [-0.39, 0.29) is 0 Å². The Labute approximate surface area is 145 Å². The van der Waals surface area contributed by atoms with Crippen LogP contribution in [0.1, 0.15) is 5.56 Å². The van der Waals surface area contributed by atoms with Crippen LogP contribution in [-0.4, -0.2) is 6.79 Å². The van der Waals surface area contributed by atoms with Crippen LogP contribution in [-0.2, 0) is 5.75 Å². The van der Waals surface area contributed by atoms with Gasteiger partial charge in [-0.05, 0) is 54.1 Å². The van der Waals surface area contributed by atoms with E-state index in [1.54, 1.807) is 11.8 Å². The van der Waals surface area contributed by atoms with Gasteiger partial charge in [-0.3, -0.25) is 0 Å². The van der Waals surface area contributed by atoms with Crippen molar-refractivity contribution in [2.45, 2.75) is 10.6 Å². The van der Waals surface area contributed by atoms with Gasteiger partial charge in [0.25, 0.3) is 0 Å². The molecule has 1 aliphatic heterocycles. The summed E-state index contributed by atoms with van der Waals surface area (Å²) in [6, 6.07) is 24.0. The SMILES string of the molecule is c1ccc(Oc2ccc(SCc3ccc4c(c3)OCO4)cc2)cc1. The lowest BCUT2D eigenvalue weighted by Crippen LogP contribution is -1.92. The van der Waals surface area contributed by atoms with Crippen molar-refractivity contribution in [1.82, 2.24) is 0 Å². The molecule has 0 N–H and O–H groups in total. The van der Waals surface area contributed by atoms with E-state index in [2.05, 4.69) is 18.2 Å². The summed E-state index contributed by atoms with van der Waals surface area (Å²) in [4.78, 5) is 1.20. The normalized spacial score (nSPS) is 12.2.